The second-order valence-electron chi connectivity index (χ2n) is 6.50. The first-order valence-corrected chi connectivity index (χ1v) is 9.41. The van der Waals surface area contributed by atoms with Gasteiger partial charge in [0.15, 0.2) is 0 Å². The maximum Gasteiger partial charge on any atom is 0.0889 e. The Bertz CT molecular complexity index is 490. The lowest BCUT2D eigenvalue weighted by Gasteiger charge is -2.45. The minimum atomic E-state index is -0.477. The van der Waals surface area contributed by atoms with Crippen LogP contribution in [0.25, 0.3) is 0 Å². The van der Waals surface area contributed by atoms with E-state index in [0.717, 1.165) is 31.7 Å². The molecule has 1 aromatic carbocycles. The Morgan fingerprint density at radius 1 is 1.29 bits per heavy atom. The summed E-state index contributed by atoms with van der Waals surface area (Å²) in [5.41, 5.74) is 3.97. The Hall–Kier alpha value is -0.510. The number of aryl methyl sites for hydroxylation is 2. The molecule has 2 atom stereocenters. The molecule has 0 aliphatic heterocycles. The van der Waals surface area contributed by atoms with Crippen molar-refractivity contribution in [1.82, 2.24) is 5.32 Å². The molecule has 0 radical (unpaired) electrons. The van der Waals surface area contributed by atoms with Crippen LogP contribution in [0.3, 0.4) is 0 Å². The quantitative estimate of drug-likeness (QED) is 0.846. The lowest BCUT2D eigenvalue weighted by atomic mass is 9.79. The largest absolute Gasteiger partial charge is 0.387 e. The molecule has 1 saturated carbocycles. The van der Waals surface area contributed by atoms with Gasteiger partial charge in [0.05, 0.1) is 5.60 Å². The Kier molecular flexibility index (Phi) is 4.92. The fraction of sp³-hybridized carbons (Fsp3) is 0.667. The van der Waals surface area contributed by atoms with E-state index in [1.807, 2.05) is 11.8 Å². The summed E-state index contributed by atoms with van der Waals surface area (Å²) >= 11 is 1.90. The van der Waals surface area contributed by atoms with E-state index in [2.05, 4.69) is 30.4 Å². The van der Waals surface area contributed by atoms with Gasteiger partial charge in [-0.15, -0.1) is 0 Å². The number of rotatable bonds is 6. The number of benzene rings is 1. The Morgan fingerprint density at radius 2 is 2.10 bits per heavy atom. The standard InChI is InChI=1S/C18H27NOS/c1-2-21-17-9-10-18(17,20)13-19-12-14-7-8-15-5-3-4-6-16(15)11-14/h7-8,11,17,19-20H,2-6,9-10,12-13H2,1H3. The first kappa shape index (κ1) is 15.4. The second-order valence-corrected chi connectivity index (χ2v) is 7.98. The molecule has 1 aromatic rings. The molecule has 0 aromatic heterocycles. The average molecular weight is 305 g/mol. The summed E-state index contributed by atoms with van der Waals surface area (Å²) in [6.45, 7) is 3.77. The summed E-state index contributed by atoms with van der Waals surface area (Å²) in [5.74, 6) is 1.10. The molecule has 2 aliphatic carbocycles. The van der Waals surface area contributed by atoms with Crippen LogP contribution in [-0.2, 0) is 19.4 Å². The molecule has 0 heterocycles. The van der Waals surface area contributed by atoms with E-state index >= 15 is 0 Å². The topological polar surface area (TPSA) is 32.3 Å². The highest BCUT2D eigenvalue weighted by atomic mass is 32.2. The van der Waals surface area contributed by atoms with Crippen LogP contribution in [0.15, 0.2) is 18.2 Å². The van der Waals surface area contributed by atoms with Gasteiger partial charge in [-0.3, -0.25) is 0 Å². The van der Waals surface area contributed by atoms with Gasteiger partial charge in [0.25, 0.3) is 0 Å². The predicted octanol–water partition coefficient (Wildman–Crippen LogP) is 3.30. The van der Waals surface area contributed by atoms with Crippen molar-refractivity contribution < 1.29 is 5.11 Å². The van der Waals surface area contributed by atoms with E-state index in [9.17, 15) is 5.11 Å². The number of aliphatic hydroxyl groups is 1. The number of hydrogen-bond acceptors (Lipinski definition) is 3. The third kappa shape index (κ3) is 3.46. The minimum absolute atomic E-state index is 0.429. The minimum Gasteiger partial charge on any atom is -0.387 e. The zero-order valence-corrected chi connectivity index (χ0v) is 13.8. The van der Waals surface area contributed by atoms with Crippen molar-refractivity contribution in [3.05, 3.63) is 34.9 Å². The maximum atomic E-state index is 10.6. The summed E-state index contributed by atoms with van der Waals surface area (Å²) in [5, 5.41) is 14.5. The smallest absolute Gasteiger partial charge is 0.0889 e. The van der Waals surface area contributed by atoms with E-state index < -0.39 is 5.60 Å². The van der Waals surface area contributed by atoms with Gasteiger partial charge in [-0.25, -0.2) is 0 Å². The van der Waals surface area contributed by atoms with Gasteiger partial charge < -0.3 is 10.4 Å². The van der Waals surface area contributed by atoms with Crippen LogP contribution in [0.1, 0.15) is 49.3 Å². The van der Waals surface area contributed by atoms with Crippen LogP contribution in [0.2, 0.25) is 0 Å². The molecule has 1 fully saturated rings. The van der Waals surface area contributed by atoms with Gasteiger partial charge in [-0.1, -0.05) is 25.1 Å². The van der Waals surface area contributed by atoms with E-state index in [0.29, 0.717) is 5.25 Å². The molecule has 0 spiro atoms. The van der Waals surface area contributed by atoms with E-state index in [-0.39, 0.29) is 0 Å². The van der Waals surface area contributed by atoms with Crippen LogP contribution >= 0.6 is 11.8 Å². The molecule has 2 aliphatic rings. The molecular formula is C18H27NOS. The Balaban J connectivity index is 1.51. The second kappa shape index (κ2) is 6.72. The normalized spacial score (nSPS) is 28.0. The Labute approximate surface area is 132 Å². The number of hydrogen-bond donors (Lipinski definition) is 2. The van der Waals surface area contributed by atoms with Gasteiger partial charge in [0.2, 0.25) is 0 Å². The van der Waals surface area contributed by atoms with Gasteiger partial charge in [0, 0.05) is 18.3 Å². The number of thioether (sulfide) groups is 1. The van der Waals surface area contributed by atoms with Crippen molar-refractivity contribution in [3.63, 3.8) is 0 Å². The summed E-state index contributed by atoms with van der Waals surface area (Å²) in [6, 6.07) is 6.92. The number of nitrogens with one attached hydrogen (secondary N) is 1. The Morgan fingerprint density at radius 3 is 2.81 bits per heavy atom. The van der Waals surface area contributed by atoms with Crippen LogP contribution < -0.4 is 5.32 Å². The zero-order chi connectivity index (χ0) is 14.7. The lowest BCUT2D eigenvalue weighted by molar-refractivity contribution is -0.0234. The van der Waals surface area contributed by atoms with Crippen molar-refractivity contribution >= 4 is 11.8 Å². The van der Waals surface area contributed by atoms with Crippen molar-refractivity contribution in [1.29, 1.82) is 0 Å². The summed E-state index contributed by atoms with van der Waals surface area (Å²) in [6.07, 6.45) is 7.27. The lowest BCUT2D eigenvalue weighted by Crippen LogP contribution is -2.56. The van der Waals surface area contributed by atoms with Crippen molar-refractivity contribution in [2.75, 3.05) is 12.3 Å². The summed E-state index contributed by atoms with van der Waals surface area (Å²) < 4.78 is 0. The molecule has 21 heavy (non-hydrogen) atoms. The third-order valence-corrected chi connectivity index (χ3v) is 6.39. The average Bonchev–Trinajstić information content (AvgIpc) is 2.51. The molecule has 0 saturated heterocycles. The molecule has 0 bridgehead atoms. The van der Waals surface area contributed by atoms with Crippen LogP contribution in [0.5, 0.6) is 0 Å². The molecule has 2 nitrogen and oxygen atoms in total. The van der Waals surface area contributed by atoms with Crippen LogP contribution in [-0.4, -0.2) is 28.3 Å². The van der Waals surface area contributed by atoms with Crippen molar-refractivity contribution in [2.24, 2.45) is 0 Å². The highest BCUT2D eigenvalue weighted by Gasteiger charge is 2.44. The van der Waals surface area contributed by atoms with Gasteiger partial charge >= 0.3 is 0 Å². The van der Waals surface area contributed by atoms with Crippen LogP contribution in [0, 0.1) is 0 Å². The molecule has 3 rings (SSSR count). The zero-order valence-electron chi connectivity index (χ0n) is 13.0. The maximum absolute atomic E-state index is 10.6. The fourth-order valence-electron chi connectivity index (χ4n) is 3.56. The first-order valence-electron chi connectivity index (χ1n) is 8.36. The van der Waals surface area contributed by atoms with Gasteiger partial charge in [-0.05, 0) is 61.0 Å². The van der Waals surface area contributed by atoms with Crippen molar-refractivity contribution in [2.45, 2.75) is 62.8 Å². The predicted molar refractivity (Wildman–Crippen MR) is 90.9 cm³/mol. The van der Waals surface area contributed by atoms with E-state index in [1.54, 1.807) is 11.1 Å². The number of fused-ring (bicyclic) bond motifs is 1. The monoisotopic (exact) mass is 305 g/mol. The molecule has 116 valence electrons. The van der Waals surface area contributed by atoms with Crippen LogP contribution in [0.4, 0.5) is 0 Å². The summed E-state index contributed by atoms with van der Waals surface area (Å²) in [4.78, 5) is 0. The third-order valence-electron chi connectivity index (χ3n) is 4.98. The van der Waals surface area contributed by atoms with E-state index in [1.165, 1.54) is 31.2 Å². The highest BCUT2D eigenvalue weighted by Crippen LogP contribution is 2.40. The molecule has 2 N–H and O–H groups in total. The first-order chi connectivity index (χ1) is 10.2. The van der Waals surface area contributed by atoms with Gasteiger partial charge in [-0.2, -0.15) is 11.8 Å². The van der Waals surface area contributed by atoms with E-state index in [4.69, 9.17) is 0 Å². The van der Waals surface area contributed by atoms with Gasteiger partial charge in [0.1, 0.15) is 0 Å². The molecule has 0 amide bonds. The summed E-state index contributed by atoms with van der Waals surface area (Å²) in [7, 11) is 0. The molecule has 2 unspecified atom stereocenters. The molecule has 3 heteroatoms. The van der Waals surface area contributed by atoms with Crippen molar-refractivity contribution in [3.8, 4) is 0 Å². The fourth-order valence-corrected chi connectivity index (χ4v) is 4.76. The highest BCUT2D eigenvalue weighted by molar-refractivity contribution is 8.00. The molecular weight excluding hydrogens is 278 g/mol. The SMILES string of the molecule is CCSC1CCC1(O)CNCc1ccc2c(c1)CCCC2.